The molecule has 0 saturated carbocycles. The Morgan fingerprint density at radius 2 is 1.73 bits per heavy atom. The summed E-state index contributed by atoms with van der Waals surface area (Å²) in [5.41, 5.74) is 4.19. The van der Waals surface area contributed by atoms with Gasteiger partial charge < -0.3 is 4.84 Å². The highest BCUT2D eigenvalue weighted by molar-refractivity contribution is 6.88. The van der Waals surface area contributed by atoms with Crippen LogP contribution in [0.5, 0.6) is 0 Å². The first-order valence-corrected chi connectivity index (χ1v) is 8.98. The van der Waals surface area contributed by atoms with E-state index >= 15 is 0 Å². The van der Waals surface area contributed by atoms with E-state index in [1.807, 2.05) is 6.92 Å². The zero-order valence-electron chi connectivity index (χ0n) is 10.1. The van der Waals surface area contributed by atoms with Crippen LogP contribution in [0.2, 0.25) is 19.6 Å². The average Bonchev–Trinajstić information content (AvgIpc) is 2.18. The van der Waals surface area contributed by atoms with Crippen molar-refractivity contribution < 1.29 is 4.84 Å². The molecule has 2 nitrogen and oxygen atoms in total. The molecule has 0 bridgehead atoms. The maximum atomic E-state index is 5.09. The van der Waals surface area contributed by atoms with Crippen molar-refractivity contribution in [3.8, 4) is 0 Å². The van der Waals surface area contributed by atoms with E-state index in [9.17, 15) is 0 Å². The lowest BCUT2D eigenvalue weighted by Crippen LogP contribution is -2.37. The third kappa shape index (κ3) is 4.16. The second-order valence-electron chi connectivity index (χ2n) is 4.70. The van der Waals surface area contributed by atoms with Gasteiger partial charge in [0.2, 0.25) is 0 Å². The van der Waals surface area contributed by atoms with Crippen LogP contribution in [-0.2, 0) is 11.4 Å². The lowest BCUT2D eigenvalue weighted by atomic mass is 10.2. The minimum Gasteiger partial charge on any atom is -0.302 e. The molecule has 1 N–H and O–H groups in total. The molecular formula is C12H21NOSi. The highest BCUT2D eigenvalue weighted by Gasteiger charge is 2.15. The number of benzene rings is 1. The normalized spacial score (nSPS) is 11.7. The average molecular weight is 223 g/mol. The highest BCUT2D eigenvalue weighted by Crippen LogP contribution is 2.04. The molecule has 0 aromatic heterocycles. The van der Waals surface area contributed by atoms with Gasteiger partial charge in [0.05, 0.1) is 14.7 Å². The predicted octanol–water partition coefficient (Wildman–Crippen LogP) is 2.27. The monoisotopic (exact) mass is 223 g/mol. The summed E-state index contributed by atoms with van der Waals surface area (Å²) in [4.78, 5) is 5.09. The van der Waals surface area contributed by atoms with Crippen LogP contribution in [0.1, 0.15) is 12.5 Å². The van der Waals surface area contributed by atoms with E-state index in [0.29, 0.717) is 6.61 Å². The summed E-state index contributed by atoms with van der Waals surface area (Å²) in [6, 6.07) is 8.85. The molecule has 0 radical (unpaired) electrons. The van der Waals surface area contributed by atoms with Crippen molar-refractivity contribution in [2.45, 2.75) is 33.1 Å². The van der Waals surface area contributed by atoms with Gasteiger partial charge in [0.15, 0.2) is 0 Å². The Bertz CT molecular complexity index is 289. The number of nitrogens with one attached hydrogen (secondary N) is 1. The molecule has 1 rings (SSSR count). The lowest BCUT2D eigenvalue weighted by molar-refractivity contribution is 0.0463. The van der Waals surface area contributed by atoms with Gasteiger partial charge in [-0.05, 0) is 12.5 Å². The summed E-state index contributed by atoms with van der Waals surface area (Å²) in [7, 11) is -1.15. The fraction of sp³-hybridized carbons (Fsp3) is 0.500. The second kappa shape index (κ2) is 5.44. The van der Waals surface area contributed by atoms with Crippen LogP contribution < -0.4 is 10.7 Å². The van der Waals surface area contributed by atoms with E-state index in [1.165, 1.54) is 10.8 Å². The van der Waals surface area contributed by atoms with E-state index < -0.39 is 8.07 Å². The Balaban J connectivity index is 2.57. The summed E-state index contributed by atoms with van der Waals surface area (Å²) >= 11 is 0. The number of hydroxylamine groups is 1. The zero-order chi connectivity index (χ0) is 11.3. The van der Waals surface area contributed by atoms with Gasteiger partial charge >= 0.3 is 0 Å². The van der Waals surface area contributed by atoms with Gasteiger partial charge in [-0.2, -0.15) is 5.48 Å². The minimum atomic E-state index is -1.15. The topological polar surface area (TPSA) is 21.3 Å². The SMILES string of the molecule is CCONCc1ccc([Si](C)(C)C)cc1. The van der Waals surface area contributed by atoms with Crippen molar-refractivity contribution in [3.05, 3.63) is 29.8 Å². The van der Waals surface area contributed by atoms with Crippen molar-refractivity contribution in [1.82, 2.24) is 5.48 Å². The van der Waals surface area contributed by atoms with Crippen LogP contribution in [0.25, 0.3) is 0 Å². The first kappa shape index (κ1) is 12.4. The fourth-order valence-electron chi connectivity index (χ4n) is 1.36. The van der Waals surface area contributed by atoms with Crippen LogP contribution in [0.15, 0.2) is 24.3 Å². The molecule has 0 heterocycles. The third-order valence-corrected chi connectivity index (χ3v) is 4.41. The van der Waals surface area contributed by atoms with Crippen LogP contribution in [0, 0.1) is 0 Å². The quantitative estimate of drug-likeness (QED) is 0.470. The van der Waals surface area contributed by atoms with E-state index in [0.717, 1.165) is 6.54 Å². The number of rotatable bonds is 5. The molecule has 0 amide bonds. The van der Waals surface area contributed by atoms with Gasteiger partial charge in [-0.15, -0.1) is 0 Å². The van der Waals surface area contributed by atoms with Gasteiger partial charge in [-0.1, -0.05) is 49.1 Å². The van der Waals surface area contributed by atoms with Crippen molar-refractivity contribution in [3.63, 3.8) is 0 Å². The Kier molecular flexibility index (Phi) is 4.51. The van der Waals surface area contributed by atoms with Crippen molar-refractivity contribution in [2.24, 2.45) is 0 Å². The minimum absolute atomic E-state index is 0.701. The van der Waals surface area contributed by atoms with E-state index in [-0.39, 0.29) is 0 Å². The molecule has 1 aromatic carbocycles. The zero-order valence-corrected chi connectivity index (χ0v) is 11.1. The van der Waals surface area contributed by atoms with Gasteiger partial charge in [0.25, 0.3) is 0 Å². The summed E-state index contributed by atoms with van der Waals surface area (Å²) in [6.45, 7) is 10.5. The van der Waals surface area contributed by atoms with Crippen LogP contribution >= 0.6 is 0 Å². The molecule has 15 heavy (non-hydrogen) atoms. The molecule has 0 saturated heterocycles. The second-order valence-corrected chi connectivity index (χ2v) is 9.78. The molecule has 0 spiro atoms. The Morgan fingerprint density at radius 1 is 1.13 bits per heavy atom. The van der Waals surface area contributed by atoms with Crippen molar-refractivity contribution >= 4 is 13.3 Å². The van der Waals surface area contributed by atoms with E-state index in [4.69, 9.17) is 4.84 Å². The third-order valence-electron chi connectivity index (χ3n) is 2.34. The predicted molar refractivity (Wildman–Crippen MR) is 67.9 cm³/mol. The van der Waals surface area contributed by atoms with Crippen molar-refractivity contribution in [1.29, 1.82) is 0 Å². The molecular weight excluding hydrogens is 202 g/mol. The van der Waals surface area contributed by atoms with Crippen molar-refractivity contribution in [2.75, 3.05) is 6.61 Å². The van der Waals surface area contributed by atoms with Crippen LogP contribution in [0.3, 0.4) is 0 Å². The Hall–Kier alpha value is -0.643. The molecule has 0 unspecified atom stereocenters. The summed E-state index contributed by atoms with van der Waals surface area (Å²) in [5.74, 6) is 0. The largest absolute Gasteiger partial charge is 0.302 e. The molecule has 0 atom stereocenters. The first-order chi connectivity index (χ1) is 7.04. The molecule has 1 aromatic rings. The number of hydrogen-bond acceptors (Lipinski definition) is 2. The maximum absolute atomic E-state index is 5.09. The first-order valence-electron chi connectivity index (χ1n) is 5.48. The standard InChI is InChI=1S/C12H21NOSi/c1-5-14-13-10-11-6-8-12(9-7-11)15(2,3)4/h6-9,13H,5,10H2,1-4H3. The Morgan fingerprint density at radius 3 is 2.20 bits per heavy atom. The molecule has 0 aliphatic carbocycles. The van der Waals surface area contributed by atoms with Gasteiger partial charge in [-0.3, -0.25) is 0 Å². The van der Waals surface area contributed by atoms with Gasteiger partial charge in [0.1, 0.15) is 0 Å². The molecule has 84 valence electrons. The van der Waals surface area contributed by atoms with E-state index in [2.05, 4.69) is 49.4 Å². The van der Waals surface area contributed by atoms with E-state index in [1.54, 1.807) is 0 Å². The molecule has 0 fully saturated rings. The van der Waals surface area contributed by atoms with Gasteiger partial charge in [-0.25, -0.2) is 0 Å². The Labute approximate surface area is 93.6 Å². The highest BCUT2D eigenvalue weighted by atomic mass is 28.3. The maximum Gasteiger partial charge on any atom is 0.0775 e. The molecule has 0 aliphatic heterocycles. The fourth-order valence-corrected chi connectivity index (χ4v) is 2.53. The number of hydrogen-bond donors (Lipinski definition) is 1. The smallest absolute Gasteiger partial charge is 0.0775 e. The van der Waals surface area contributed by atoms with Crippen LogP contribution in [-0.4, -0.2) is 14.7 Å². The molecule has 3 heteroatoms. The van der Waals surface area contributed by atoms with Gasteiger partial charge in [0, 0.05) is 6.54 Å². The van der Waals surface area contributed by atoms with Crippen LogP contribution in [0.4, 0.5) is 0 Å². The summed E-state index contributed by atoms with van der Waals surface area (Å²) in [5, 5.41) is 1.50. The lowest BCUT2D eigenvalue weighted by Gasteiger charge is -2.16. The molecule has 0 aliphatic rings. The summed E-state index contributed by atoms with van der Waals surface area (Å²) in [6.07, 6.45) is 0. The summed E-state index contributed by atoms with van der Waals surface area (Å²) < 4.78 is 0.